The van der Waals surface area contributed by atoms with Gasteiger partial charge in [-0.3, -0.25) is 0 Å². The Bertz CT molecular complexity index is 349. The zero-order chi connectivity index (χ0) is 14.6. The summed E-state index contributed by atoms with van der Waals surface area (Å²) < 4.78 is 5.63. The lowest BCUT2D eigenvalue weighted by atomic mass is 10.0. The third-order valence-corrected chi connectivity index (χ3v) is 3.47. The quantitative estimate of drug-likeness (QED) is 0.588. The first-order valence-corrected chi connectivity index (χ1v) is 8.15. The summed E-state index contributed by atoms with van der Waals surface area (Å²) in [6, 6.07) is 8.29. The van der Waals surface area contributed by atoms with Crippen molar-refractivity contribution in [2.45, 2.75) is 59.4 Å². The van der Waals surface area contributed by atoms with E-state index >= 15 is 0 Å². The van der Waals surface area contributed by atoms with Gasteiger partial charge in [0.2, 0.25) is 0 Å². The molecule has 0 fully saturated rings. The minimum atomic E-state index is 0.729. The number of hydrogen-bond acceptors (Lipinski definition) is 2. The first-order valence-electron chi connectivity index (χ1n) is 8.15. The van der Waals surface area contributed by atoms with Crippen LogP contribution in [0, 0.1) is 5.92 Å². The molecular formula is C18H31NO. The molecule has 1 rings (SSSR count). The molecule has 0 saturated carbocycles. The van der Waals surface area contributed by atoms with E-state index in [2.05, 4.69) is 31.3 Å². The monoisotopic (exact) mass is 277 g/mol. The van der Waals surface area contributed by atoms with Crippen molar-refractivity contribution >= 4 is 0 Å². The van der Waals surface area contributed by atoms with Crippen molar-refractivity contribution in [2.75, 3.05) is 13.2 Å². The van der Waals surface area contributed by atoms with E-state index in [0.29, 0.717) is 0 Å². The molecule has 0 aliphatic heterocycles. The van der Waals surface area contributed by atoms with Crippen molar-refractivity contribution in [3.05, 3.63) is 29.8 Å². The summed E-state index contributed by atoms with van der Waals surface area (Å²) in [6.07, 6.45) is 6.73. The number of unbranched alkanes of at least 4 members (excludes halogenated alkanes) is 3. The average molecular weight is 277 g/mol. The van der Waals surface area contributed by atoms with Crippen molar-refractivity contribution in [1.29, 1.82) is 0 Å². The molecular weight excluding hydrogens is 246 g/mol. The highest BCUT2D eigenvalue weighted by Gasteiger charge is 2.01. The number of ether oxygens (including phenoxy) is 1. The average Bonchev–Trinajstić information content (AvgIpc) is 2.43. The smallest absolute Gasteiger partial charge is 0.123 e. The molecule has 1 aromatic carbocycles. The van der Waals surface area contributed by atoms with Crippen LogP contribution in [0.2, 0.25) is 0 Å². The molecule has 1 aromatic rings. The second-order valence-corrected chi connectivity index (χ2v) is 5.81. The largest absolute Gasteiger partial charge is 0.494 e. The molecule has 0 spiro atoms. The van der Waals surface area contributed by atoms with Gasteiger partial charge < -0.3 is 10.1 Å². The normalized spacial score (nSPS) is 11.0. The molecule has 114 valence electrons. The molecule has 0 unspecified atom stereocenters. The zero-order valence-electron chi connectivity index (χ0n) is 13.5. The third-order valence-electron chi connectivity index (χ3n) is 3.47. The summed E-state index contributed by atoms with van der Waals surface area (Å²) in [5, 5.41) is 3.52. The predicted molar refractivity (Wildman–Crippen MR) is 87.2 cm³/mol. The van der Waals surface area contributed by atoms with Crippen molar-refractivity contribution in [3.8, 4) is 5.75 Å². The summed E-state index contributed by atoms with van der Waals surface area (Å²) in [5.74, 6) is 1.86. The van der Waals surface area contributed by atoms with Crippen LogP contribution in [0.3, 0.4) is 0 Å². The summed E-state index contributed by atoms with van der Waals surface area (Å²) in [6.45, 7) is 9.37. The molecule has 0 aliphatic rings. The van der Waals surface area contributed by atoms with E-state index in [4.69, 9.17) is 4.74 Å². The molecule has 0 radical (unpaired) electrons. The molecule has 0 aromatic heterocycles. The lowest BCUT2D eigenvalue weighted by Crippen LogP contribution is -2.15. The fourth-order valence-electron chi connectivity index (χ4n) is 2.33. The number of nitrogens with one attached hydrogen (secondary N) is 1. The van der Waals surface area contributed by atoms with Crippen LogP contribution in [0.25, 0.3) is 0 Å². The van der Waals surface area contributed by atoms with Crippen LogP contribution >= 0.6 is 0 Å². The minimum absolute atomic E-state index is 0.729. The van der Waals surface area contributed by atoms with Crippen LogP contribution < -0.4 is 10.1 Å². The molecule has 0 saturated heterocycles. The molecule has 2 heteroatoms. The Balaban J connectivity index is 2.09. The van der Waals surface area contributed by atoms with Gasteiger partial charge in [-0.05, 0) is 31.9 Å². The van der Waals surface area contributed by atoms with E-state index in [0.717, 1.165) is 31.4 Å². The van der Waals surface area contributed by atoms with Crippen molar-refractivity contribution in [2.24, 2.45) is 5.92 Å². The summed E-state index contributed by atoms with van der Waals surface area (Å²) in [4.78, 5) is 0. The highest BCUT2D eigenvalue weighted by molar-refractivity contribution is 5.33. The second kappa shape index (κ2) is 10.7. The van der Waals surface area contributed by atoms with Gasteiger partial charge in [-0.1, -0.05) is 57.7 Å². The van der Waals surface area contributed by atoms with Crippen LogP contribution in [-0.2, 0) is 6.54 Å². The number of para-hydroxylation sites is 1. The predicted octanol–water partition coefficient (Wildman–Crippen LogP) is 4.78. The Hall–Kier alpha value is -1.02. The standard InChI is InChI=1S/C18H31NO/c1-4-20-18-13-9-8-12-17(18)15-19-14-10-6-5-7-11-16(2)3/h8-9,12-13,16,19H,4-7,10-11,14-15H2,1-3H3. The molecule has 2 nitrogen and oxygen atoms in total. The molecule has 0 aliphatic carbocycles. The molecule has 0 atom stereocenters. The molecule has 1 N–H and O–H groups in total. The van der Waals surface area contributed by atoms with Crippen LogP contribution in [0.4, 0.5) is 0 Å². The summed E-state index contributed by atoms with van der Waals surface area (Å²) >= 11 is 0. The maximum absolute atomic E-state index is 5.63. The Morgan fingerprint density at radius 2 is 1.80 bits per heavy atom. The second-order valence-electron chi connectivity index (χ2n) is 5.81. The maximum Gasteiger partial charge on any atom is 0.123 e. The Morgan fingerprint density at radius 1 is 1.05 bits per heavy atom. The SMILES string of the molecule is CCOc1ccccc1CNCCCCCCC(C)C. The van der Waals surface area contributed by atoms with Crippen molar-refractivity contribution in [3.63, 3.8) is 0 Å². The van der Waals surface area contributed by atoms with Gasteiger partial charge in [0.15, 0.2) is 0 Å². The van der Waals surface area contributed by atoms with Gasteiger partial charge in [-0.15, -0.1) is 0 Å². The zero-order valence-corrected chi connectivity index (χ0v) is 13.5. The van der Waals surface area contributed by atoms with Crippen molar-refractivity contribution in [1.82, 2.24) is 5.32 Å². The van der Waals surface area contributed by atoms with Gasteiger partial charge in [-0.2, -0.15) is 0 Å². The summed E-state index contributed by atoms with van der Waals surface area (Å²) in [7, 11) is 0. The van der Waals surface area contributed by atoms with Gasteiger partial charge >= 0.3 is 0 Å². The third kappa shape index (κ3) is 7.54. The maximum atomic E-state index is 5.63. The van der Waals surface area contributed by atoms with Crippen LogP contribution in [0.5, 0.6) is 5.75 Å². The van der Waals surface area contributed by atoms with Crippen LogP contribution in [0.15, 0.2) is 24.3 Å². The molecule has 0 bridgehead atoms. The van der Waals surface area contributed by atoms with Gasteiger partial charge in [0.25, 0.3) is 0 Å². The van der Waals surface area contributed by atoms with E-state index in [9.17, 15) is 0 Å². The number of rotatable bonds is 11. The van der Waals surface area contributed by atoms with E-state index in [1.54, 1.807) is 0 Å². The first kappa shape index (κ1) is 17.0. The van der Waals surface area contributed by atoms with Gasteiger partial charge in [0.05, 0.1) is 6.61 Å². The van der Waals surface area contributed by atoms with E-state index < -0.39 is 0 Å². The Morgan fingerprint density at radius 3 is 2.55 bits per heavy atom. The van der Waals surface area contributed by atoms with Gasteiger partial charge in [0, 0.05) is 12.1 Å². The lowest BCUT2D eigenvalue weighted by Gasteiger charge is -2.11. The van der Waals surface area contributed by atoms with Crippen LogP contribution in [-0.4, -0.2) is 13.2 Å². The summed E-state index contributed by atoms with van der Waals surface area (Å²) in [5.41, 5.74) is 1.26. The first-order chi connectivity index (χ1) is 9.74. The van der Waals surface area contributed by atoms with Gasteiger partial charge in [0.1, 0.15) is 5.75 Å². The van der Waals surface area contributed by atoms with E-state index in [1.807, 2.05) is 19.1 Å². The molecule has 20 heavy (non-hydrogen) atoms. The Labute approximate surface area is 124 Å². The molecule has 0 heterocycles. The van der Waals surface area contributed by atoms with Gasteiger partial charge in [-0.25, -0.2) is 0 Å². The Kier molecular flexibility index (Phi) is 9.14. The topological polar surface area (TPSA) is 21.3 Å². The number of benzene rings is 1. The lowest BCUT2D eigenvalue weighted by molar-refractivity contribution is 0.335. The van der Waals surface area contributed by atoms with Crippen LogP contribution in [0.1, 0.15) is 58.4 Å². The fraction of sp³-hybridized carbons (Fsp3) is 0.667. The van der Waals surface area contributed by atoms with E-state index in [-0.39, 0.29) is 0 Å². The van der Waals surface area contributed by atoms with Crippen molar-refractivity contribution < 1.29 is 4.74 Å². The highest BCUT2D eigenvalue weighted by Crippen LogP contribution is 2.17. The highest BCUT2D eigenvalue weighted by atomic mass is 16.5. The fourth-order valence-corrected chi connectivity index (χ4v) is 2.33. The van der Waals surface area contributed by atoms with E-state index in [1.165, 1.54) is 37.7 Å². The number of hydrogen-bond donors (Lipinski definition) is 1. The molecule has 0 amide bonds. The minimum Gasteiger partial charge on any atom is -0.494 e.